The molecule has 0 unspecified atom stereocenters. The third-order valence-corrected chi connectivity index (χ3v) is 4.07. The average molecular weight is 501 g/mol. The first kappa shape index (κ1) is 24.1. The van der Waals surface area contributed by atoms with E-state index >= 15 is 0 Å². The summed E-state index contributed by atoms with van der Waals surface area (Å²) in [6, 6.07) is 6.21. The third-order valence-electron chi connectivity index (χ3n) is 4.07. The Morgan fingerprint density at radius 1 is 0.926 bits per heavy atom. The first-order valence-corrected chi connectivity index (χ1v) is 13.2. The Balaban J connectivity index is 0.000000665. The van der Waals surface area contributed by atoms with Gasteiger partial charge in [0.1, 0.15) is 24.6 Å². The van der Waals surface area contributed by atoms with Gasteiger partial charge in [-0.2, -0.15) is 0 Å². The molecule has 0 N–H and O–H groups in total. The van der Waals surface area contributed by atoms with E-state index in [1.54, 1.807) is 0 Å². The topological polar surface area (TPSA) is 56.1 Å². The van der Waals surface area contributed by atoms with Crippen molar-refractivity contribution in [1.82, 2.24) is 4.98 Å². The monoisotopic (exact) mass is 501 g/mol. The molecule has 0 amide bonds. The van der Waals surface area contributed by atoms with Crippen LogP contribution in [0.25, 0.3) is 0 Å². The molecular formula is C19H27Cl2N3O2Ru. The van der Waals surface area contributed by atoms with Gasteiger partial charge in [-0.1, -0.05) is 33.8 Å². The van der Waals surface area contributed by atoms with Gasteiger partial charge in [-0.15, -0.1) is 13.2 Å². The van der Waals surface area contributed by atoms with E-state index in [0.29, 0.717) is 36.8 Å². The number of nitrogens with zero attached hydrogens (tertiary/aromatic N) is 3. The van der Waals surface area contributed by atoms with Gasteiger partial charge >= 0.3 is 34.5 Å². The molecule has 2 atom stereocenters. The molecule has 1 aromatic heterocycles. The van der Waals surface area contributed by atoms with Crippen LogP contribution in [0.5, 0.6) is 0 Å². The molecule has 0 aromatic carbocycles. The molecule has 152 valence electrons. The molecule has 0 saturated heterocycles. The summed E-state index contributed by atoms with van der Waals surface area (Å²) in [5.74, 6) is 2.18. The van der Waals surface area contributed by atoms with Gasteiger partial charge in [0.05, 0.1) is 12.1 Å². The summed E-state index contributed by atoms with van der Waals surface area (Å²) >= 11 is -0.346. The van der Waals surface area contributed by atoms with Crippen molar-refractivity contribution in [3.05, 3.63) is 42.7 Å². The van der Waals surface area contributed by atoms with Gasteiger partial charge in [0.2, 0.25) is 11.8 Å². The van der Waals surface area contributed by atoms with Crippen LogP contribution in [-0.2, 0) is 24.6 Å². The van der Waals surface area contributed by atoms with Crippen LogP contribution in [0.1, 0.15) is 39.1 Å². The van der Waals surface area contributed by atoms with Crippen LogP contribution in [0.4, 0.5) is 0 Å². The second kappa shape index (κ2) is 12.5. The van der Waals surface area contributed by atoms with E-state index in [2.05, 4.69) is 55.8 Å². The number of rotatable bonds is 4. The van der Waals surface area contributed by atoms with Crippen LogP contribution in [0.3, 0.4) is 0 Å². The van der Waals surface area contributed by atoms with Crippen LogP contribution in [0, 0.1) is 11.8 Å². The number of aliphatic imine (C=N–C) groups is 2. The van der Waals surface area contributed by atoms with Crippen molar-refractivity contribution >= 4 is 31.2 Å². The SMILES string of the molecule is C=C.CC(C)[C@H]1COC(c2cccc(C3=N[C@@H](C(C)C)CO3)n2)=N1.[Cl][Ru][Cl]. The molecule has 1 aromatic rings. The number of aromatic nitrogens is 1. The average Bonchev–Trinajstić information content (AvgIpc) is 3.34. The molecule has 0 spiro atoms. The van der Waals surface area contributed by atoms with Gasteiger partial charge in [0, 0.05) is 0 Å². The summed E-state index contributed by atoms with van der Waals surface area (Å²) in [6.45, 7) is 15.9. The van der Waals surface area contributed by atoms with E-state index in [1.807, 2.05) is 18.2 Å². The predicted molar refractivity (Wildman–Crippen MR) is 109 cm³/mol. The van der Waals surface area contributed by atoms with Gasteiger partial charge in [-0.3, -0.25) is 0 Å². The van der Waals surface area contributed by atoms with Crippen molar-refractivity contribution in [1.29, 1.82) is 0 Å². The fourth-order valence-electron chi connectivity index (χ4n) is 2.42. The van der Waals surface area contributed by atoms with E-state index < -0.39 is 0 Å². The Morgan fingerprint density at radius 3 is 1.59 bits per heavy atom. The van der Waals surface area contributed by atoms with Crippen LogP contribution in [-0.4, -0.2) is 42.1 Å². The zero-order valence-electron chi connectivity index (χ0n) is 16.1. The normalized spacial score (nSPS) is 20.7. The molecule has 0 radical (unpaired) electrons. The molecule has 8 heteroatoms. The molecule has 0 fully saturated rings. The predicted octanol–water partition coefficient (Wildman–Crippen LogP) is 4.86. The Morgan fingerprint density at radius 2 is 1.30 bits per heavy atom. The molecule has 0 bridgehead atoms. The molecule has 3 heterocycles. The molecule has 0 aliphatic carbocycles. The van der Waals surface area contributed by atoms with Crippen LogP contribution >= 0.6 is 19.4 Å². The van der Waals surface area contributed by atoms with Crippen molar-refractivity contribution in [3.63, 3.8) is 0 Å². The van der Waals surface area contributed by atoms with Crippen molar-refractivity contribution in [2.24, 2.45) is 21.8 Å². The van der Waals surface area contributed by atoms with E-state index in [4.69, 9.17) is 28.9 Å². The van der Waals surface area contributed by atoms with Crippen molar-refractivity contribution in [2.45, 2.75) is 39.8 Å². The van der Waals surface area contributed by atoms with E-state index in [9.17, 15) is 0 Å². The Labute approximate surface area is 178 Å². The summed E-state index contributed by atoms with van der Waals surface area (Å²) in [7, 11) is 9.71. The molecular weight excluding hydrogens is 474 g/mol. The summed E-state index contributed by atoms with van der Waals surface area (Å²) in [5.41, 5.74) is 1.50. The number of halogens is 2. The van der Waals surface area contributed by atoms with Crippen LogP contribution in [0.2, 0.25) is 0 Å². The quantitative estimate of drug-likeness (QED) is 0.438. The Kier molecular flexibility index (Phi) is 11.1. The van der Waals surface area contributed by atoms with Crippen molar-refractivity contribution in [2.75, 3.05) is 13.2 Å². The van der Waals surface area contributed by atoms with Gasteiger partial charge in [0.15, 0.2) is 0 Å². The molecule has 2 aliphatic rings. The standard InChI is InChI=1S/C17H23N3O2.C2H4.2ClH.Ru/c1-10(2)14-8-21-16(19-14)12-6-5-7-13(18-12)17-20-15(9-22-17)11(3)4;1-2;;;/h5-7,10-11,14-15H,8-9H2,1-4H3;1-2H2;2*1H;/q;;;;+2/p-2/t14-,15-;;;;/m1..../s1. The number of ether oxygens (including phenoxy) is 2. The zero-order chi connectivity index (χ0) is 20.4. The van der Waals surface area contributed by atoms with Gasteiger partial charge < -0.3 is 9.47 Å². The number of hydrogen-bond donors (Lipinski definition) is 0. The molecule has 27 heavy (non-hydrogen) atoms. The summed E-state index contributed by atoms with van der Waals surface area (Å²) in [6.07, 6.45) is 0. The fraction of sp³-hybridized carbons (Fsp3) is 0.526. The summed E-state index contributed by atoms with van der Waals surface area (Å²) in [5, 5.41) is 0. The Hall–Kier alpha value is -0.967. The van der Waals surface area contributed by atoms with E-state index in [0.717, 1.165) is 11.4 Å². The summed E-state index contributed by atoms with van der Waals surface area (Å²) < 4.78 is 11.4. The molecule has 2 aliphatic heterocycles. The van der Waals surface area contributed by atoms with Gasteiger partial charge in [-0.25, -0.2) is 15.0 Å². The molecule has 0 saturated carbocycles. The van der Waals surface area contributed by atoms with Crippen LogP contribution < -0.4 is 0 Å². The second-order valence-electron chi connectivity index (χ2n) is 6.57. The van der Waals surface area contributed by atoms with Gasteiger partial charge in [-0.05, 0) is 24.0 Å². The van der Waals surface area contributed by atoms with E-state index in [-0.39, 0.29) is 27.2 Å². The molecule has 3 rings (SSSR count). The second-order valence-corrected chi connectivity index (χ2v) is 9.21. The zero-order valence-corrected chi connectivity index (χ0v) is 19.4. The van der Waals surface area contributed by atoms with Crippen LogP contribution in [0.15, 0.2) is 41.3 Å². The Bertz CT molecular complexity index is 604. The number of hydrogen-bond acceptors (Lipinski definition) is 5. The minimum absolute atomic E-state index is 0.214. The number of pyridine rings is 1. The summed E-state index contributed by atoms with van der Waals surface area (Å²) in [4.78, 5) is 13.9. The maximum atomic E-state index is 5.70. The van der Waals surface area contributed by atoms with E-state index in [1.165, 1.54) is 0 Å². The minimum atomic E-state index is -0.346. The third kappa shape index (κ3) is 7.17. The maximum absolute atomic E-state index is 5.70. The molecule has 5 nitrogen and oxygen atoms in total. The fourth-order valence-corrected chi connectivity index (χ4v) is 2.42. The first-order valence-electron chi connectivity index (χ1n) is 8.70. The van der Waals surface area contributed by atoms with Gasteiger partial charge in [0.25, 0.3) is 0 Å². The first-order chi connectivity index (χ1) is 13.0. The van der Waals surface area contributed by atoms with Crippen molar-refractivity contribution in [3.8, 4) is 0 Å². The van der Waals surface area contributed by atoms with Crippen molar-refractivity contribution < 1.29 is 24.6 Å².